The summed E-state index contributed by atoms with van der Waals surface area (Å²) in [5.74, 6) is 2.27. The highest BCUT2D eigenvalue weighted by Gasteiger charge is 2.34. The van der Waals surface area contributed by atoms with Gasteiger partial charge in [-0.25, -0.2) is 5.01 Å². The van der Waals surface area contributed by atoms with E-state index in [1.54, 1.807) is 42.5 Å². The highest BCUT2D eigenvalue weighted by atomic mass is 16.5. The number of nitrogens with one attached hydrogen (secondary N) is 1. The molecule has 1 aliphatic rings. The van der Waals surface area contributed by atoms with Gasteiger partial charge in [-0.2, -0.15) is 0 Å². The number of rotatable bonds is 5. The van der Waals surface area contributed by atoms with E-state index in [0.29, 0.717) is 22.7 Å². The Kier molecular flexibility index (Phi) is 4.90. The van der Waals surface area contributed by atoms with Crippen LogP contribution in [-0.4, -0.2) is 25.5 Å². The van der Waals surface area contributed by atoms with Crippen LogP contribution in [0.1, 0.15) is 5.56 Å². The van der Waals surface area contributed by atoms with Crippen LogP contribution in [-0.2, 0) is 9.59 Å². The van der Waals surface area contributed by atoms with Crippen molar-refractivity contribution >= 4 is 23.6 Å². The van der Waals surface area contributed by atoms with Gasteiger partial charge in [-0.3, -0.25) is 15.0 Å². The molecule has 2 aromatic rings. The number of carbonyl (C=O) groups is 2. The topological polar surface area (TPSA) is 67.9 Å². The van der Waals surface area contributed by atoms with E-state index in [0.717, 1.165) is 0 Å². The average Bonchev–Trinajstić information content (AvgIpc) is 2.95. The Balaban J connectivity index is 1.99. The molecule has 1 fully saturated rings. The van der Waals surface area contributed by atoms with E-state index in [-0.39, 0.29) is 12.2 Å². The summed E-state index contributed by atoms with van der Waals surface area (Å²) >= 11 is 0. The maximum absolute atomic E-state index is 12.7. The van der Waals surface area contributed by atoms with Crippen LogP contribution in [0.25, 0.3) is 6.08 Å². The number of terminal acetylenes is 1. The van der Waals surface area contributed by atoms with Gasteiger partial charge in [-0.1, -0.05) is 36.3 Å². The van der Waals surface area contributed by atoms with E-state index < -0.39 is 11.8 Å². The summed E-state index contributed by atoms with van der Waals surface area (Å²) in [6.45, 7) is 0.0346. The van der Waals surface area contributed by atoms with Crippen LogP contribution in [0.15, 0.2) is 54.1 Å². The predicted octanol–water partition coefficient (Wildman–Crippen LogP) is 2.17. The van der Waals surface area contributed by atoms with E-state index >= 15 is 0 Å². The SMILES string of the molecule is C#CCOc1c(/C=C2/C(=O)NN(c3ccccc3)C2=O)cccc1OC. The molecule has 2 aromatic carbocycles. The first-order valence-electron chi connectivity index (χ1n) is 7.81. The summed E-state index contributed by atoms with van der Waals surface area (Å²) in [5.41, 5.74) is 3.64. The van der Waals surface area contributed by atoms with Crippen molar-refractivity contribution in [3.05, 3.63) is 59.7 Å². The van der Waals surface area contributed by atoms with E-state index in [9.17, 15) is 9.59 Å². The zero-order valence-corrected chi connectivity index (χ0v) is 14.1. The molecule has 6 heteroatoms. The van der Waals surface area contributed by atoms with Crippen molar-refractivity contribution in [3.63, 3.8) is 0 Å². The predicted molar refractivity (Wildman–Crippen MR) is 97.4 cm³/mol. The Bertz CT molecular complexity index is 913. The number of hydrazine groups is 1. The van der Waals surface area contributed by atoms with Gasteiger partial charge in [0.2, 0.25) is 0 Å². The number of para-hydroxylation sites is 2. The lowest BCUT2D eigenvalue weighted by Crippen LogP contribution is -2.35. The van der Waals surface area contributed by atoms with Crippen molar-refractivity contribution in [1.29, 1.82) is 0 Å². The van der Waals surface area contributed by atoms with E-state index in [1.165, 1.54) is 18.2 Å². The molecular weight excluding hydrogens is 332 g/mol. The van der Waals surface area contributed by atoms with Crippen molar-refractivity contribution in [1.82, 2.24) is 5.43 Å². The molecule has 0 unspecified atom stereocenters. The van der Waals surface area contributed by atoms with Gasteiger partial charge in [-0.15, -0.1) is 6.42 Å². The summed E-state index contributed by atoms with van der Waals surface area (Å²) in [4.78, 5) is 25.0. The number of carbonyl (C=O) groups excluding carboxylic acids is 2. The van der Waals surface area contributed by atoms with Gasteiger partial charge in [0.25, 0.3) is 11.8 Å². The second kappa shape index (κ2) is 7.45. The molecule has 0 atom stereocenters. The largest absolute Gasteiger partial charge is 0.493 e. The molecule has 6 nitrogen and oxygen atoms in total. The number of benzene rings is 2. The van der Waals surface area contributed by atoms with Crippen LogP contribution in [0.5, 0.6) is 11.5 Å². The van der Waals surface area contributed by atoms with Crippen LogP contribution in [0.3, 0.4) is 0 Å². The summed E-state index contributed by atoms with van der Waals surface area (Å²) in [6.07, 6.45) is 6.72. The van der Waals surface area contributed by atoms with Crippen LogP contribution >= 0.6 is 0 Å². The van der Waals surface area contributed by atoms with Gasteiger partial charge in [0.15, 0.2) is 11.5 Å². The minimum absolute atomic E-state index is 0.00679. The Morgan fingerprint density at radius 2 is 1.92 bits per heavy atom. The van der Waals surface area contributed by atoms with E-state index in [4.69, 9.17) is 15.9 Å². The first-order chi connectivity index (χ1) is 12.7. The van der Waals surface area contributed by atoms with E-state index in [1.807, 2.05) is 6.07 Å². The smallest absolute Gasteiger partial charge is 0.282 e. The molecule has 130 valence electrons. The maximum atomic E-state index is 12.7. The monoisotopic (exact) mass is 348 g/mol. The number of ether oxygens (including phenoxy) is 2. The van der Waals surface area contributed by atoms with Crippen molar-refractivity contribution in [2.75, 3.05) is 18.7 Å². The minimum atomic E-state index is -0.496. The fourth-order valence-corrected chi connectivity index (χ4v) is 2.55. The van der Waals surface area contributed by atoms with Gasteiger partial charge >= 0.3 is 0 Å². The molecule has 1 heterocycles. The second-order valence-electron chi connectivity index (χ2n) is 5.35. The molecule has 0 spiro atoms. The van der Waals surface area contributed by atoms with Crippen LogP contribution < -0.4 is 19.9 Å². The molecule has 0 bridgehead atoms. The molecule has 3 rings (SSSR count). The van der Waals surface area contributed by atoms with Gasteiger partial charge in [0.05, 0.1) is 12.8 Å². The highest BCUT2D eigenvalue weighted by Crippen LogP contribution is 2.33. The van der Waals surface area contributed by atoms with Crippen molar-refractivity contribution in [2.45, 2.75) is 0 Å². The highest BCUT2D eigenvalue weighted by molar-refractivity contribution is 6.31. The van der Waals surface area contributed by atoms with Gasteiger partial charge in [-0.05, 0) is 24.3 Å². The van der Waals surface area contributed by atoms with Gasteiger partial charge < -0.3 is 9.47 Å². The molecular formula is C20H16N2O4. The number of hydrogen-bond donors (Lipinski definition) is 1. The summed E-state index contributed by atoms with van der Waals surface area (Å²) in [7, 11) is 1.50. The van der Waals surface area contributed by atoms with Crippen LogP contribution in [0, 0.1) is 12.3 Å². The lowest BCUT2D eigenvalue weighted by atomic mass is 10.1. The van der Waals surface area contributed by atoms with E-state index in [2.05, 4.69) is 11.3 Å². The first-order valence-corrected chi connectivity index (χ1v) is 7.81. The van der Waals surface area contributed by atoms with Gasteiger partial charge in [0.1, 0.15) is 12.2 Å². The summed E-state index contributed by atoms with van der Waals surface area (Å²) in [5, 5.41) is 1.20. The number of amides is 2. The number of methoxy groups -OCH3 is 1. The number of hydrogen-bond acceptors (Lipinski definition) is 4. The molecule has 0 aliphatic carbocycles. The summed E-state index contributed by atoms with van der Waals surface area (Å²) < 4.78 is 10.8. The fourth-order valence-electron chi connectivity index (χ4n) is 2.55. The normalized spacial score (nSPS) is 14.9. The van der Waals surface area contributed by atoms with Crippen LogP contribution in [0.2, 0.25) is 0 Å². The zero-order valence-electron chi connectivity index (χ0n) is 14.1. The van der Waals surface area contributed by atoms with Crippen molar-refractivity contribution in [3.8, 4) is 23.8 Å². The Morgan fingerprint density at radius 3 is 2.62 bits per heavy atom. The Hall–Kier alpha value is -3.72. The van der Waals surface area contributed by atoms with Crippen molar-refractivity contribution < 1.29 is 19.1 Å². The minimum Gasteiger partial charge on any atom is -0.493 e. The molecule has 26 heavy (non-hydrogen) atoms. The standard InChI is InChI=1S/C20H16N2O4/c1-3-12-26-18-14(8-7-11-17(18)25-2)13-16-19(23)21-22(20(16)24)15-9-5-4-6-10-15/h1,4-11,13H,12H2,2H3,(H,21,23)/b16-13-. The maximum Gasteiger partial charge on any atom is 0.282 e. The molecule has 0 radical (unpaired) electrons. The lowest BCUT2D eigenvalue weighted by molar-refractivity contribution is -0.117. The Morgan fingerprint density at radius 1 is 1.15 bits per heavy atom. The quantitative estimate of drug-likeness (QED) is 0.511. The van der Waals surface area contributed by atoms with Crippen molar-refractivity contribution in [2.24, 2.45) is 0 Å². The number of anilines is 1. The number of nitrogens with zero attached hydrogens (tertiary/aromatic N) is 1. The average molecular weight is 348 g/mol. The second-order valence-corrected chi connectivity index (χ2v) is 5.35. The first kappa shape index (κ1) is 17.1. The molecule has 0 saturated carbocycles. The summed E-state index contributed by atoms with van der Waals surface area (Å²) in [6, 6.07) is 14.0. The third-order valence-corrected chi connectivity index (χ3v) is 3.73. The zero-order chi connectivity index (χ0) is 18.5. The third kappa shape index (κ3) is 3.23. The third-order valence-electron chi connectivity index (χ3n) is 3.73. The molecule has 0 aromatic heterocycles. The van der Waals surface area contributed by atoms with Crippen LogP contribution in [0.4, 0.5) is 5.69 Å². The fraction of sp³-hybridized carbons (Fsp3) is 0.100. The molecule has 1 aliphatic heterocycles. The lowest BCUT2D eigenvalue weighted by Gasteiger charge is -2.14. The molecule has 1 N–H and O–H groups in total. The molecule has 2 amide bonds. The Labute approximate surface area is 151 Å². The van der Waals surface area contributed by atoms with Gasteiger partial charge in [0, 0.05) is 5.56 Å². The molecule has 1 saturated heterocycles.